The van der Waals surface area contributed by atoms with Crippen LogP contribution in [0.15, 0.2) is 36.5 Å². The van der Waals surface area contributed by atoms with Crippen molar-refractivity contribution < 1.29 is 4.79 Å². The number of nitrogens with one attached hydrogen (secondary N) is 2. The third kappa shape index (κ3) is 2.63. The highest BCUT2D eigenvalue weighted by Crippen LogP contribution is 2.34. The molecule has 0 fully saturated rings. The molecular formula is C20H22N2O. The lowest BCUT2D eigenvalue weighted by Crippen LogP contribution is -2.31. The summed E-state index contributed by atoms with van der Waals surface area (Å²) in [6.07, 6.45) is 1.82. The summed E-state index contributed by atoms with van der Waals surface area (Å²) in [5.41, 5.74) is 9.03. The van der Waals surface area contributed by atoms with Crippen LogP contribution in [0, 0.1) is 27.7 Å². The molecule has 0 radical (unpaired) electrons. The Morgan fingerprint density at radius 3 is 2.30 bits per heavy atom. The van der Waals surface area contributed by atoms with Gasteiger partial charge in [0.1, 0.15) is 0 Å². The second kappa shape index (κ2) is 5.92. The zero-order chi connectivity index (χ0) is 16.6. The van der Waals surface area contributed by atoms with Crippen molar-refractivity contribution >= 4 is 17.2 Å². The molecule has 1 amide bonds. The van der Waals surface area contributed by atoms with E-state index in [4.69, 9.17) is 0 Å². The normalized spacial score (nSPS) is 15.3. The van der Waals surface area contributed by atoms with Crippen molar-refractivity contribution in [3.8, 4) is 0 Å². The van der Waals surface area contributed by atoms with Crippen LogP contribution >= 0.6 is 0 Å². The van der Waals surface area contributed by atoms with E-state index in [-0.39, 0.29) is 5.91 Å². The average molecular weight is 306 g/mol. The fourth-order valence-corrected chi connectivity index (χ4v) is 3.18. The van der Waals surface area contributed by atoms with Crippen LogP contribution in [0.5, 0.6) is 0 Å². The number of fused-ring (bicyclic) bond motifs is 1. The molecule has 0 saturated heterocycles. The Balaban J connectivity index is 2.12. The average Bonchev–Trinajstić information content (AvgIpc) is 2.57. The first-order valence-corrected chi connectivity index (χ1v) is 7.90. The molecule has 1 aliphatic rings. The third-order valence-corrected chi connectivity index (χ3v) is 4.91. The standard InChI is InChI=1S/C20H22N2O/c1-12-13(2)15(4)19-17(14(12)3)10-22-20(23)18(19)11-21-16-8-6-5-7-9-16/h5-9,11,21H,10H2,1-4H3,(H,22,23)/b18-11-. The maximum Gasteiger partial charge on any atom is 0.253 e. The SMILES string of the molecule is Cc1c(C)c(C)c2c(c1C)CNC(=O)/C2=C\Nc1ccccc1. The first-order valence-electron chi connectivity index (χ1n) is 7.90. The number of hydrogen-bond acceptors (Lipinski definition) is 2. The van der Waals surface area contributed by atoms with Gasteiger partial charge >= 0.3 is 0 Å². The highest BCUT2D eigenvalue weighted by molar-refractivity contribution is 6.21. The smallest absolute Gasteiger partial charge is 0.253 e. The van der Waals surface area contributed by atoms with E-state index in [2.05, 4.69) is 38.3 Å². The van der Waals surface area contributed by atoms with Crippen molar-refractivity contribution in [2.24, 2.45) is 0 Å². The van der Waals surface area contributed by atoms with Gasteiger partial charge in [-0.15, -0.1) is 0 Å². The molecular weight excluding hydrogens is 284 g/mol. The highest BCUT2D eigenvalue weighted by atomic mass is 16.1. The zero-order valence-corrected chi connectivity index (χ0v) is 14.1. The molecule has 2 aromatic rings. The zero-order valence-electron chi connectivity index (χ0n) is 14.1. The summed E-state index contributed by atoms with van der Waals surface area (Å²) in [4.78, 5) is 12.4. The number of para-hydroxylation sites is 1. The Bertz CT molecular complexity index is 804. The molecule has 2 aromatic carbocycles. The van der Waals surface area contributed by atoms with Gasteiger partial charge in [0.05, 0.1) is 5.57 Å². The number of hydrogen-bond donors (Lipinski definition) is 2. The Morgan fingerprint density at radius 2 is 1.61 bits per heavy atom. The Hall–Kier alpha value is -2.55. The van der Waals surface area contributed by atoms with Crippen LogP contribution in [0.2, 0.25) is 0 Å². The molecule has 0 bridgehead atoms. The van der Waals surface area contributed by atoms with E-state index in [0.29, 0.717) is 12.1 Å². The number of benzene rings is 2. The minimum absolute atomic E-state index is 0.0216. The predicted octanol–water partition coefficient (Wildman–Crippen LogP) is 4.00. The summed E-state index contributed by atoms with van der Waals surface area (Å²) in [7, 11) is 0. The molecule has 3 heteroatoms. The Labute approximate surface area is 137 Å². The molecule has 0 saturated carbocycles. The first kappa shape index (κ1) is 15.3. The number of carbonyl (C=O) groups is 1. The summed E-state index contributed by atoms with van der Waals surface area (Å²) >= 11 is 0. The molecule has 0 unspecified atom stereocenters. The van der Waals surface area contributed by atoms with Crippen LogP contribution in [0.25, 0.3) is 5.57 Å². The van der Waals surface area contributed by atoms with E-state index < -0.39 is 0 Å². The maximum atomic E-state index is 12.4. The quantitative estimate of drug-likeness (QED) is 0.823. The van der Waals surface area contributed by atoms with Gasteiger partial charge in [-0.1, -0.05) is 18.2 Å². The largest absolute Gasteiger partial charge is 0.361 e. The number of rotatable bonds is 2. The van der Waals surface area contributed by atoms with E-state index >= 15 is 0 Å². The predicted molar refractivity (Wildman–Crippen MR) is 95.3 cm³/mol. The van der Waals surface area contributed by atoms with E-state index in [1.807, 2.05) is 36.5 Å². The van der Waals surface area contributed by atoms with E-state index in [1.54, 1.807) is 0 Å². The fraction of sp³-hybridized carbons (Fsp3) is 0.250. The summed E-state index contributed by atoms with van der Waals surface area (Å²) in [5, 5.41) is 6.24. The van der Waals surface area contributed by atoms with Crippen LogP contribution in [0.3, 0.4) is 0 Å². The molecule has 23 heavy (non-hydrogen) atoms. The minimum atomic E-state index is -0.0216. The summed E-state index contributed by atoms with van der Waals surface area (Å²) in [5.74, 6) is -0.0216. The van der Waals surface area contributed by atoms with Gasteiger partial charge in [0.15, 0.2) is 0 Å². The van der Waals surface area contributed by atoms with Gasteiger partial charge in [0.2, 0.25) is 0 Å². The van der Waals surface area contributed by atoms with E-state index in [0.717, 1.165) is 11.3 Å². The van der Waals surface area contributed by atoms with Crippen molar-refractivity contribution in [3.05, 3.63) is 69.9 Å². The third-order valence-electron chi connectivity index (χ3n) is 4.91. The van der Waals surface area contributed by atoms with Gasteiger partial charge in [-0.05, 0) is 73.2 Å². The number of anilines is 1. The van der Waals surface area contributed by atoms with Crippen molar-refractivity contribution in [2.75, 3.05) is 5.32 Å². The summed E-state index contributed by atoms with van der Waals surface area (Å²) in [6.45, 7) is 9.13. The molecule has 2 N–H and O–H groups in total. The van der Waals surface area contributed by atoms with Crippen LogP contribution in [-0.4, -0.2) is 5.91 Å². The molecule has 0 aliphatic carbocycles. The van der Waals surface area contributed by atoms with Gasteiger partial charge in [-0.25, -0.2) is 0 Å². The molecule has 0 atom stereocenters. The first-order chi connectivity index (χ1) is 11.0. The van der Waals surface area contributed by atoms with Crippen LogP contribution in [-0.2, 0) is 11.3 Å². The Kier molecular flexibility index (Phi) is 3.95. The second-order valence-electron chi connectivity index (χ2n) is 6.10. The van der Waals surface area contributed by atoms with Crippen LogP contribution in [0.4, 0.5) is 5.69 Å². The highest BCUT2D eigenvalue weighted by Gasteiger charge is 2.26. The lowest BCUT2D eigenvalue weighted by molar-refractivity contribution is -0.116. The summed E-state index contributed by atoms with van der Waals surface area (Å²) < 4.78 is 0. The molecule has 0 aromatic heterocycles. The maximum absolute atomic E-state index is 12.4. The van der Waals surface area contributed by atoms with Gasteiger partial charge < -0.3 is 10.6 Å². The van der Waals surface area contributed by atoms with Gasteiger partial charge in [0.25, 0.3) is 5.91 Å². The van der Waals surface area contributed by atoms with Crippen molar-refractivity contribution in [3.63, 3.8) is 0 Å². The second-order valence-corrected chi connectivity index (χ2v) is 6.10. The summed E-state index contributed by atoms with van der Waals surface area (Å²) in [6, 6.07) is 9.88. The van der Waals surface area contributed by atoms with Gasteiger partial charge in [-0.3, -0.25) is 4.79 Å². The van der Waals surface area contributed by atoms with Crippen molar-refractivity contribution in [1.29, 1.82) is 0 Å². The van der Waals surface area contributed by atoms with Crippen molar-refractivity contribution in [1.82, 2.24) is 5.32 Å². The topological polar surface area (TPSA) is 41.1 Å². The van der Waals surface area contributed by atoms with Crippen LogP contribution < -0.4 is 10.6 Å². The lowest BCUT2D eigenvalue weighted by atomic mass is 9.83. The molecule has 3 rings (SSSR count). The molecule has 1 heterocycles. The van der Waals surface area contributed by atoms with Gasteiger partial charge in [-0.2, -0.15) is 0 Å². The van der Waals surface area contributed by atoms with Crippen molar-refractivity contribution in [2.45, 2.75) is 34.2 Å². The number of amides is 1. The van der Waals surface area contributed by atoms with E-state index in [9.17, 15) is 4.79 Å². The monoisotopic (exact) mass is 306 g/mol. The van der Waals surface area contributed by atoms with Crippen LogP contribution in [0.1, 0.15) is 33.4 Å². The van der Waals surface area contributed by atoms with E-state index in [1.165, 1.54) is 27.8 Å². The molecule has 3 nitrogen and oxygen atoms in total. The van der Waals surface area contributed by atoms with Gasteiger partial charge in [0, 0.05) is 18.4 Å². The Morgan fingerprint density at radius 1 is 0.957 bits per heavy atom. The fourth-order valence-electron chi connectivity index (χ4n) is 3.18. The molecule has 118 valence electrons. The molecule has 0 spiro atoms. The molecule has 1 aliphatic heterocycles. The lowest BCUT2D eigenvalue weighted by Gasteiger charge is -2.26. The number of carbonyl (C=O) groups excluding carboxylic acids is 1. The minimum Gasteiger partial charge on any atom is -0.361 e.